The van der Waals surface area contributed by atoms with Gasteiger partial charge in [-0.05, 0) is 33.6 Å². The zero-order chi connectivity index (χ0) is 16.7. The topological polar surface area (TPSA) is 75.9 Å². The molecular formula is C16H29N3O3. The molecule has 0 aromatic carbocycles. The van der Waals surface area contributed by atoms with E-state index in [0.29, 0.717) is 13.1 Å². The van der Waals surface area contributed by atoms with Gasteiger partial charge >= 0.3 is 6.09 Å². The summed E-state index contributed by atoms with van der Waals surface area (Å²) in [6.07, 6.45) is 1.22. The van der Waals surface area contributed by atoms with E-state index in [1.165, 1.54) is 0 Å². The molecule has 2 aliphatic rings. The zero-order valence-corrected chi connectivity index (χ0v) is 14.4. The van der Waals surface area contributed by atoms with E-state index in [0.717, 1.165) is 19.4 Å². The summed E-state index contributed by atoms with van der Waals surface area (Å²) in [5, 5.41) is 0. The summed E-state index contributed by atoms with van der Waals surface area (Å²) >= 11 is 0. The first-order valence-electron chi connectivity index (χ1n) is 8.05. The van der Waals surface area contributed by atoms with Crippen molar-refractivity contribution in [1.29, 1.82) is 0 Å². The molecule has 2 rings (SSSR count). The third kappa shape index (κ3) is 3.54. The highest BCUT2D eigenvalue weighted by molar-refractivity contribution is 5.84. The van der Waals surface area contributed by atoms with Crippen LogP contribution in [-0.2, 0) is 9.53 Å². The first-order valence-corrected chi connectivity index (χ1v) is 8.05. The van der Waals surface area contributed by atoms with Gasteiger partial charge in [0.15, 0.2) is 0 Å². The Morgan fingerprint density at radius 1 is 1.27 bits per heavy atom. The van der Waals surface area contributed by atoms with Crippen molar-refractivity contribution >= 4 is 12.0 Å². The third-order valence-corrected chi connectivity index (χ3v) is 4.48. The second-order valence-corrected chi connectivity index (χ2v) is 8.12. The molecule has 2 fully saturated rings. The maximum atomic E-state index is 12.2. The Balaban J connectivity index is 2.04. The number of rotatable bonds is 1. The summed E-state index contributed by atoms with van der Waals surface area (Å²) in [4.78, 5) is 28.1. The predicted molar refractivity (Wildman–Crippen MR) is 84.3 cm³/mol. The summed E-state index contributed by atoms with van der Waals surface area (Å²) in [7, 11) is 0. The molecule has 22 heavy (non-hydrogen) atoms. The maximum Gasteiger partial charge on any atom is 0.410 e. The smallest absolute Gasteiger partial charge is 0.410 e. The van der Waals surface area contributed by atoms with Crippen LogP contribution in [0.3, 0.4) is 0 Å². The average Bonchev–Trinajstić information content (AvgIpc) is 2.67. The largest absolute Gasteiger partial charge is 0.444 e. The third-order valence-electron chi connectivity index (χ3n) is 4.48. The summed E-state index contributed by atoms with van der Waals surface area (Å²) in [6, 6.07) is -0.230. The van der Waals surface area contributed by atoms with Crippen LogP contribution < -0.4 is 5.73 Å². The number of carbonyl (C=O) groups excluding carboxylic acids is 2. The Labute approximate surface area is 132 Å². The molecule has 0 aromatic heterocycles. The van der Waals surface area contributed by atoms with Crippen LogP contribution in [-0.4, -0.2) is 59.1 Å². The van der Waals surface area contributed by atoms with Gasteiger partial charge in [-0.2, -0.15) is 0 Å². The summed E-state index contributed by atoms with van der Waals surface area (Å²) in [5.74, 6) is 0.0452. The number of likely N-dealkylation sites (tertiary alicyclic amines) is 2. The number of hydrogen-bond acceptors (Lipinski definition) is 4. The first kappa shape index (κ1) is 17.1. The van der Waals surface area contributed by atoms with E-state index in [2.05, 4.69) is 13.8 Å². The van der Waals surface area contributed by atoms with Crippen LogP contribution in [0, 0.1) is 5.41 Å². The maximum absolute atomic E-state index is 12.2. The molecule has 0 aromatic rings. The number of ether oxygens (including phenoxy) is 1. The van der Waals surface area contributed by atoms with Gasteiger partial charge in [0.1, 0.15) is 5.60 Å². The first-order chi connectivity index (χ1) is 10.0. The molecule has 0 radical (unpaired) electrons. The van der Waals surface area contributed by atoms with Gasteiger partial charge in [-0.15, -0.1) is 0 Å². The van der Waals surface area contributed by atoms with Crippen molar-refractivity contribution in [2.75, 3.05) is 19.6 Å². The second-order valence-electron chi connectivity index (χ2n) is 8.12. The molecule has 0 bridgehead atoms. The fourth-order valence-corrected chi connectivity index (χ4v) is 3.44. The molecule has 2 saturated heterocycles. The molecule has 2 amide bonds. The van der Waals surface area contributed by atoms with Gasteiger partial charge < -0.3 is 20.3 Å². The number of amides is 2. The van der Waals surface area contributed by atoms with Crippen LogP contribution in [0.1, 0.15) is 47.5 Å². The van der Waals surface area contributed by atoms with E-state index in [1.807, 2.05) is 25.7 Å². The fraction of sp³-hybridized carbons (Fsp3) is 0.875. The molecule has 2 aliphatic heterocycles. The lowest BCUT2D eigenvalue weighted by molar-refractivity contribution is -0.134. The van der Waals surface area contributed by atoms with Crippen molar-refractivity contribution in [3.05, 3.63) is 0 Å². The van der Waals surface area contributed by atoms with E-state index in [1.54, 1.807) is 4.90 Å². The van der Waals surface area contributed by atoms with Gasteiger partial charge in [0, 0.05) is 31.1 Å². The molecular weight excluding hydrogens is 282 g/mol. The minimum absolute atomic E-state index is 0.0452. The second kappa shape index (κ2) is 5.72. The number of hydrogen-bond donors (Lipinski definition) is 1. The number of carbonyl (C=O) groups is 2. The fourth-order valence-electron chi connectivity index (χ4n) is 3.44. The number of nitrogens with zero attached hydrogens (tertiary/aromatic N) is 2. The Kier molecular flexibility index (Phi) is 4.44. The average molecular weight is 311 g/mol. The lowest BCUT2D eigenvalue weighted by atomic mass is 9.78. The standard InChI is InChI=1S/C16H29N3O3/c1-15(2,3)22-14(21)18-8-7-12(16(4,5)10-18)19-9-6-11(17)13(19)20/h11-12H,6-10,17H2,1-5H3. The summed E-state index contributed by atoms with van der Waals surface area (Å²) in [5.41, 5.74) is 5.17. The highest BCUT2D eigenvalue weighted by atomic mass is 16.6. The quantitative estimate of drug-likeness (QED) is 0.798. The molecule has 0 aliphatic carbocycles. The Bertz CT molecular complexity index is 456. The molecule has 2 unspecified atom stereocenters. The molecule has 0 saturated carbocycles. The minimum Gasteiger partial charge on any atom is -0.444 e. The monoisotopic (exact) mass is 311 g/mol. The highest BCUT2D eigenvalue weighted by Gasteiger charge is 2.45. The molecule has 6 heteroatoms. The normalized spacial score (nSPS) is 28.9. The van der Waals surface area contributed by atoms with Gasteiger partial charge in [0.05, 0.1) is 6.04 Å². The van der Waals surface area contributed by atoms with Crippen molar-refractivity contribution in [3.8, 4) is 0 Å². The van der Waals surface area contributed by atoms with Crippen LogP contribution >= 0.6 is 0 Å². The van der Waals surface area contributed by atoms with E-state index < -0.39 is 5.60 Å². The van der Waals surface area contributed by atoms with Gasteiger partial charge in [-0.25, -0.2) is 4.79 Å². The minimum atomic E-state index is -0.490. The molecule has 6 nitrogen and oxygen atoms in total. The molecule has 2 heterocycles. The van der Waals surface area contributed by atoms with Crippen molar-refractivity contribution < 1.29 is 14.3 Å². The Hall–Kier alpha value is -1.30. The number of nitrogens with two attached hydrogens (primary N) is 1. The molecule has 2 N–H and O–H groups in total. The van der Waals surface area contributed by atoms with E-state index in [4.69, 9.17) is 10.5 Å². The van der Waals surface area contributed by atoms with Gasteiger partial charge in [-0.3, -0.25) is 4.79 Å². The van der Waals surface area contributed by atoms with E-state index in [-0.39, 0.29) is 29.5 Å². The lowest BCUT2D eigenvalue weighted by Crippen LogP contribution is -2.58. The van der Waals surface area contributed by atoms with Crippen LogP contribution in [0.15, 0.2) is 0 Å². The molecule has 126 valence electrons. The van der Waals surface area contributed by atoms with Crippen LogP contribution in [0.4, 0.5) is 4.79 Å². The van der Waals surface area contributed by atoms with Gasteiger partial charge in [0.25, 0.3) is 0 Å². The van der Waals surface area contributed by atoms with Crippen molar-refractivity contribution in [2.24, 2.45) is 11.1 Å². The summed E-state index contributed by atoms with van der Waals surface area (Å²) < 4.78 is 5.46. The van der Waals surface area contributed by atoms with Crippen molar-refractivity contribution in [3.63, 3.8) is 0 Å². The van der Waals surface area contributed by atoms with E-state index >= 15 is 0 Å². The van der Waals surface area contributed by atoms with Crippen LogP contribution in [0.25, 0.3) is 0 Å². The summed E-state index contributed by atoms with van der Waals surface area (Å²) in [6.45, 7) is 11.7. The van der Waals surface area contributed by atoms with Crippen molar-refractivity contribution in [2.45, 2.75) is 65.1 Å². The lowest BCUT2D eigenvalue weighted by Gasteiger charge is -2.47. The molecule has 0 spiro atoms. The predicted octanol–water partition coefficient (Wildman–Crippen LogP) is 1.58. The van der Waals surface area contributed by atoms with Gasteiger partial charge in [0.2, 0.25) is 5.91 Å². The van der Waals surface area contributed by atoms with Crippen LogP contribution in [0.5, 0.6) is 0 Å². The Morgan fingerprint density at radius 3 is 2.36 bits per heavy atom. The van der Waals surface area contributed by atoms with Crippen LogP contribution in [0.2, 0.25) is 0 Å². The van der Waals surface area contributed by atoms with E-state index in [9.17, 15) is 9.59 Å². The van der Waals surface area contributed by atoms with Crippen molar-refractivity contribution in [1.82, 2.24) is 9.80 Å². The SMILES string of the molecule is CC(C)(C)OC(=O)N1CCC(N2CCC(N)C2=O)C(C)(C)C1. The highest BCUT2D eigenvalue weighted by Crippen LogP contribution is 2.35. The zero-order valence-electron chi connectivity index (χ0n) is 14.4. The Morgan fingerprint density at radius 2 is 1.91 bits per heavy atom. The van der Waals surface area contributed by atoms with Gasteiger partial charge in [-0.1, -0.05) is 13.8 Å². The molecule has 2 atom stereocenters. The number of piperidine rings is 1.